The topological polar surface area (TPSA) is 70.1 Å². The van der Waals surface area contributed by atoms with Crippen molar-refractivity contribution in [1.29, 1.82) is 0 Å². The van der Waals surface area contributed by atoms with Crippen LogP contribution in [0.15, 0.2) is 30.3 Å². The van der Waals surface area contributed by atoms with Crippen molar-refractivity contribution in [3.05, 3.63) is 35.9 Å². The smallest absolute Gasteiger partial charge is 0.410 e. The molecule has 1 aliphatic heterocycles. The minimum atomic E-state index is -0.983. The van der Waals surface area contributed by atoms with Gasteiger partial charge >= 0.3 is 12.1 Å². The molecule has 0 spiro atoms. The number of hydrogen-bond donors (Lipinski definition) is 1. The number of hydrogen-bond acceptors (Lipinski definition) is 4. The summed E-state index contributed by atoms with van der Waals surface area (Å²) in [5.74, 6) is -0.983. The Balaban J connectivity index is 1.97. The number of rotatable bonds is 4. The third kappa shape index (κ3) is 3.98. The van der Waals surface area contributed by atoms with Crippen molar-refractivity contribution in [2.24, 2.45) is 0 Å². The van der Waals surface area contributed by atoms with E-state index in [1.165, 1.54) is 4.90 Å². The van der Waals surface area contributed by atoms with Crippen LogP contribution in [-0.4, -0.2) is 59.7 Å². The van der Waals surface area contributed by atoms with E-state index < -0.39 is 18.1 Å². The highest BCUT2D eigenvalue weighted by Gasteiger charge is 2.37. The average Bonchev–Trinajstić information content (AvgIpc) is 2.52. The number of likely N-dealkylation sites (tertiary alicyclic amines) is 1. The molecule has 6 heteroatoms. The molecule has 120 valence electrons. The van der Waals surface area contributed by atoms with Crippen molar-refractivity contribution in [2.75, 3.05) is 20.6 Å². The summed E-state index contributed by atoms with van der Waals surface area (Å²) in [6.07, 6.45) is 0.605. The van der Waals surface area contributed by atoms with Gasteiger partial charge in [-0.05, 0) is 32.5 Å². The molecule has 0 radical (unpaired) electrons. The van der Waals surface area contributed by atoms with Gasteiger partial charge in [-0.1, -0.05) is 30.3 Å². The van der Waals surface area contributed by atoms with Crippen molar-refractivity contribution in [1.82, 2.24) is 9.80 Å². The van der Waals surface area contributed by atoms with Gasteiger partial charge in [0.05, 0.1) is 0 Å². The number of piperidine rings is 1. The third-order valence-electron chi connectivity index (χ3n) is 4.03. The molecule has 0 bridgehead atoms. The second-order valence-corrected chi connectivity index (χ2v) is 5.73. The van der Waals surface area contributed by atoms with Gasteiger partial charge < -0.3 is 14.7 Å². The van der Waals surface area contributed by atoms with Crippen LogP contribution in [0.4, 0.5) is 4.79 Å². The second kappa shape index (κ2) is 7.26. The monoisotopic (exact) mass is 306 g/mol. The number of benzene rings is 1. The van der Waals surface area contributed by atoms with Gasteiger partial charge in [0, 0.05) is 12.6 Å². The highest BCUT2D eigenvalue weighted by Crippen LogP contribution is 2.22. The fourth-order valence-corrected chi connectivity index (χ4v) is 2.67. The third-order valence-corrected chi connectivity index (χ3v) is 4.03. The summed E-state index contributed by atoms with van der Waals surface area (Å²) in [7, 11) is 3.85. The molecular formula is C16H22N2O4. The number of amides is 1. The first-order valence-corrected chi connectivity index (χ1v) is 7.35. The molecule has 0 aromatic heterocycles. The highest BCUT2D eigenvalue weighted by atomic mass is 16.6. The molecule has 1 fully saturated rings. The maximum atomic E-state index is 12.2. The van der Waals surface area contributed by atoms with Crippen LogP contribution in [0.25, 0.3) is 0 Å². The van der Waals surface area contributed by atoms with Crippen LogP contribution in [0, 0.1) is 0 Å². The normalized spacial score (nSPS) is 21.7. The van der Waals surface area contributed by atoms with E-state index in [9.17, 15) is 14.7 Å². The SMILES string of the molecule is CN(C)[C@@H]1CCN(C(=O)OCc2ccccc2)[C@H](C(=O)O)C1. The number of carboxylic acid groups (broad SMARTS) is 1. The molecule has 1 aromatic rings. The molecule has 0 unspecified atom stereocenters. The molecule has 6 nitrogen and oxygen atoms in total. The summed E-state index contributed by atoms with van der Waals surface area (Å²) >= 11 is 0. The van der Waals surface area contributed by atoms with E-state index in [1.807, 2.05) is 49.3 Å². The lowest BCUT2D eigenvalue weighted by molar-refractivity contribution is -0.144. The number of aliphatic carboxylic acids is 1. The Morgan fingerprint density at radius 2 is 2.00 bits per heavy atom. The molecule has 2 atom stereocenters. The Bertz CT molecular complexity index is 518. The highest BCUT2D eigenvalue weighted by molar-refractivity contribution is 5.80. The number of nitrogens with zero attached hydrogens (tertiary/aromatic N) is 2. The standard InChI is InChI=1S/C16H22N2O4/c1-17(2)13-8-9-18(14(10-13)15(19)20)16(21)22-11-12-6-4-3-5-7-12/h3-7,13-14H,8-11H2,1-2H3,(H,19,20)/t13-,14+/m1/s1. The molecular weight excluding hydrogens is 284 g/mol. The van der Waals surface area contributed by atoms with E-state index in [2.05, 4.69) is 0 Å². The number of carbonyl (C=O) groups excluding carboxylic acids is 1. The van der Waals surface area contributed by atoms with Crippen molar-refractivity contribution in [2.45, 2.75) is 31.5 Å². The van der Waals surface area contributed by atoms with Gasteiger partial charge in [0.25, 0.3) is 0 Å². The zero-order valence-electron chi connectivity index (χ0n) is 12.9. The molecule has 1 N–H and O–H groups in total. The first-order valence-electron chi connectivity index (χ1n) is 7.35. The lowest BCUT2D eigenvalue weighted by Gasteiger charge is -2.38. The number of carboxylic acids is 1. The van der Waals surface area contributed by atoms with Gasteiger partial charge in [0.1, 0.15) is 12.6 Å². The Hall–Kier alpha value is -2.08. The maximum Gasteiger partial charge on any atom is 0.410 e. The summed E-state index contributed by atoms with van der Waals surface area (Å²) in [5.41, 5.74) is 0.880. The lowest BCUT2D eigenvalue weighted by atomic mass is 9.97. The van der Waals surface area contributed by atoms with E-state index in [0.29, 0.717) is 13.0 Å². The van der Waals surface area contributed by atoms with Crippen molar-refractivity contribution < 1.29 is 19.4 Å². The molecule has 1 aromatic carbocycles. The van der Waals surface area contributed by atoms with Gasteiger partial charge in [-0.15, -0.1) is 0 Å². The minimum Gasteiger partial charge on any atom is -0.480 e. The van der Waals surface area contributed by atoms with Crippen LogP contribution in [0.2, 0.25) is 0 Å². The van der Waals surface area contributed by atoms with Gasteiger partial charge in [0.15, 0.2) is 0 Å². The number of ether oxygens (including phenoxy) is 1. The molecule has 1 amide bonds. The Kier molecular flexibility index (Phi) is 5.38. The predicted molar refractivity (Wildman–Crippen MR) is 81.5 cm³/mol. The first-order chi connectivity index (χ1) is 10.5. The van der Waals surface area contributed by atoms with Crippen LogP contribution >= 0.6 is 0 Å². The zero-order chi connectivity index (χ0) is 16.1. The number of carbonyl (C=O) groups is 2. The van der Waals surface area contributed by atoms with Crippen LogP contribution in [-0.2, 0) is 16.1 Å². The summed E-state index contributed by atoms with van der Waals surface area (Å²) < 4.78 is 5.25. The Morgan fingerprint density at radius 1 is 1.32 bits per heavy atom. The lowest BCUT2D eigenvalue weighted by Crippen LogP contribution is -2.54. The summed E-state index contributed by atoms with van der Waals surface area (Å²) in [5, 5.41) is 9.37. The van der Waals surface area contributed by atoms with Crippen molar-refractivity contribution >= 4 is 12.1 Å². The minimum absolute atomic E-state index is 0.152. The van der Waals surface area contributed by atoms with Crippen LogP contribution in [0.5, 0.6) is 0 Å². The maximum absolute atomic E-state index is 12.2. The quantitative estimate of drug-likeness (QED) is 0.918. The van der Waals surface area contributed by atoms with Crippen LogP contribution in [0.3, 0.4) is 0 Å². The molecule has 22 heavy (non-hydrogen) atoms. The predicted octanol–water partition coefficient (Wildman–Crippen LogP) is 1.80. The fourth-order valence-electron chi connectivity index (χ4n) is 2.67. The van der Waals surface area contributed by atoms with Gasteiger partial charge in [-0.2, -0.15) is 0 Å². The van der Waals surface area contributed by atoms with Crippen molar-refractivity contribution in [3.63, 3.8) is 0 Å². The summed E-state index contributed by atoms with van der Waals surface area (Å²) in [6, 6.07) is 8.68. The van der Waals surface area contributed by atoms with E-state index in [4.69, 9.17) is 4.74 Å². The van der Waals surface area contributed by atoms with E-state index in [0.717, 1.165) is 12.0 Å². The van der Waals surface area contributed by atoms with Crippen LogP contribution in [0.1, 0.15) is 18.4 Å². The van der Waals surface area contributed by atoms with E-state index in [1.54, 1.807) is 0 Å². The van der Waals surface area contributed by atoms with Gasteiger partial charge in [0.2, 0.25) is 0 Å². The van der Waals surface area contributed by atoms with Gasteiger partial charge in [-0.3, -0.25) is 4.90 Å². The summed E-state index contributed by atoms with van der Waals surface area (Å²) in [4.78, 5) is 27.0. The molecule has 1 heterocycles. The average molecular weight is 306 g/mol. The molecule has 1 saturated heterocycles. The Labute approximate surface area is 130 Å². The Morgan fingerprint density at radius 3 is 2.59 bits per heavy atom. The van der Waals surface area contributed by atoms with E-state index >= 15 is 0 Å². The van der Waals surface area contributed by atoms with Crippen molar-refractivity contribution in [3.8, 4) is 0 Å². The van der Waals surface area contributed by atoms with E-state index in [-0.39, 0.29) is 12.6 Å². The van der Waals surface area contributed by atoms with Crippen LogP contribution < -0.4 is 0 Å². The molecule has 2 rings (SSSR count). The zero-order valence-corrected chi connectivity index (χ0v) is 12.9. The largest absolute Gasteiger partial charge is 0.480 e. The molecule has 1 aliphatic rings. The molecule has 0 aliphatic carbocycles. The fraction of sp³-hybridized carbons (Fsp3) is 0.500. The second-order valence-electron chi connectivity index (χ2n) is 5.73. The summed E-state index contributed by atoms with van der Waals surface area (Å²) in [6.45, 7) is 0.549. The van der Waals surface area contributed by atoms with Gasteiger partial charge in [-0.25, -0.2) is 9.59 Å². The first kappa shape index (κ1) is 16.3. The molecule has 0 saturated carbocycles.